The Balaban J connectivity index is 0.00000147. The molecule has 0 amide bonds. The molecule has 0 aliphatic carbocycles. The molecule has 20 heavy (non-hydrogen) atoms. The average molecular weight is 285 g/mol. The second-order valence-electron chi connectivity index (χ2n) is 4.28. The summed E-state index contributed by atoms with van der Waals surface area (Å²) in [6.07, 6.45) is -1.78. The lowest BCUT2D eigenvalue weighted by Gasteiger charge is -2.16. The number of rotatable bonds is 2. The number of fused-ring (bicyclic) bond motifs is 1. The maximum Gasteiger partial charge on any atom is 0.278 e. The number of ether oxygens (including phenoxy) is 1. The molecule has 0 saturated carbocycles. The molecule has 2 aromatic rings. The predicted molar refractivity (Wildman–Crippen MR) is 66.2 cm³/mol. The maximum absolute atomic E-state index is 11.5. The molecule has 1 fully saturated rings. The third-order valence-electron chi connectivity index (χ3n) is 3.16. The molecule has 1 aliphatic rings. The Kier molecular flexibility index (Phi) is 3.83. The molecule has 2 aromatic heterocycles. The average Bonchev–Trinajstić information content (AvgIpc) is 2.94. The molecule has 10 nitrogen and oxygen atoms in total. The highest BCUT2D eigenvalue weighted by Crippen LogP contribution is 2.30. The Morgan fingerprint density at radius 3 is 2.75 bits per heavy atom. The molecule has 0 radical (unpaired) electrons. The van der Waals surface area contributed by atoms with Gasteiger partial charge in [0.15, 0.2) is 17.4 Å². The monoisotopic (exact) mass is 285 g/mol. The van der Waals surface area contributed by atoms with Gasteiger partial charge in [-0.1, -0.05) is 0 Å². The van der Waals surface area contributed by atoms with Crippen molar-refractivity contribution in [3.8, 4) is 0 Å². The quantitative estimate of drug-likeness (QED) is 0.417. The van der Waals surface area contributed by atoms with Crippen molar-refractivity contribution in [3.63, 3.8) is 0 Å². The Morgan fingerprint density at radius 2 is 2.10 bits per heavy atom. The van der Waals surface area contributed by atoms with Gasteiger partial charge < -0.3 is 31.2 Å². The topological polar surface area (TPSA) is 168 Å². The van der Waals surface area contributed by atoms with Crippen molar-refractivity contribution < 1.29 is 20.1 Å². The zero-order valence-electron chi connectivity index (χ0n) is 10.4. The normalized spacial score (nSPS) is 29.6. The van der Waals surface area contributed by atoms with Crippen molar-refractivity contribution in [2.24, 2.45) is 0 Å². The first-order valence-electron chi connectivity index (χ1n) is 5.66. The van der Waals surface area contributed by atoms with E-state index in [9.17, 15) is 15.0 Å². The molecule has 7 N–H and O–H groups in total. The molecule has 0 unspecified atom stereocenters. The lowest BCUT2D eigenvalue weighted by atomic mass is 10.1. The number of nitrogens with one attached hydrogen (secondary N) is 1. The van der Waals surface area contributed by atoms with E-state index in [4.69, 9.17) is 9.84 Å². The Labute approximate surface area is 112 Å². The summed E-state index contributed by atoms with van der Waals surface area (Å²) in [5.41, 5.74) is -0.0608. The van der Waals surface area contributed by atoms with Crippen molar-refractivity contribution in [1.29, 1.82) is 0 Å². The van der Waals surface area contributed by atoms with Crippen LogP contribution in [0.5, 0.6) is 0 Å². The first-order chi connectivity index (χ1) is 9.13. The summed E-state index contributed by atoms with van der Waals surface area (Å²) in [5.74, 6) is 0. The largest absolute Gasteiger partial charge is 0.394 e. The van der Waals surface area contributed by atoms with E-state index in [1.807, 2.05) is 0 Å². The van der Waals surface area contributed by atoms with Crippen molar-refractivity contribution in [2.45, 2.75) is 24.5 Å². The third-order valence-corrected chi connectivity index (χ3v) is 3.16. The van der Waals surface area contributed by atoms with Gasteiger partial charge in [-0.3, -0.25) is 9.36 Å². The summed E-state index contributed by atoms with van der Waals surface area (Å²) in [6, 6.07) is 0. The van der Waals surface area contributed by atoms with Crippen LogP contribution in [0.2, 0.25) is 0 Å². The van der Waals surface area contributed by atoms with Crippen LogP contribution in [0.25, 0.3) is 11.2 Å². The minimum Gasteiger partial charge on any atom is -0.394 e. The van der Waals surface area contributed by atoms with Crippen LogP contribution in [0.1, 0.15) is 6.23 Å². The number of hydrogen-bond acceptors (Lipinski definition) is 8. The summed E-state index contributed by atoms with van der Waals surface area (Å²) < 4.78 is 6.70. The van der Waals surface area contributed by atoms with Gasteiger partial charge in [-0.25, -0.2) is 9.97 Å². The number of imidazole rings is 1. The van der Waals surface area contributed by atoms with Crippen molar-refractivity contribution in [2.75, 3.05) is 6.61 Å². The highest BCUT2D eigenvalue weighted by molar-refractivity contribution is 5.68. The SMILES string of the molecule is N.O=c1[nH]cnc2c1ncn2[C@@H]1O[C@H](CO)[C@@H](O)[C@H]1O. The highest BCUT2D eigenvalue weighted by Gasteiger charge is 2.43. The zero-order chi connectivity index (χ0) is 13.6. The number of aliphatic hydroxyl groups is 3. The summed E-state index contributed by atoms with van der Waals surface area (Å²) in [6.45, 7) is -0.421. The molecule has 4 atom stereocenters. The van der Waals surface area contributed by atoms with E-state index in [2.05, 4.69) is 15.0 Å². The van der Waals surface area contributed by atoms with Gasteiger partial charge in [-0.15, -0.1) is 0 Å². The van der Waals surface area contributed by atoms with Crippen molar-refractivity contribution in [1.82, 2.24) is 25.7 Å². The molecule has 1 saturated heterocycles. The van der Waals surface area contributed by atoms with Crippen LogP contribution >= 0.6 is 0 Å². The highest BCUT2D eigenvalue weighted by atomic mass is 16.6. The molecule has 1 aliphatic heterocycles. The molecule has 0 aromatic carbocycles. The lowest BCUT2D eigenvalue weighted by Crippen LogP contribution is -2.33. The second-order valence-corrected chi connectivity index (χ2v) is 4.28. The lowest BCUT2D eigenvalue weighted by molar-refractivity contribution is -0.0511. The number of aliphatic hydroxyl groups excluding tert-OH is 3. The van der Waals surface area contributed by atoms with E-state index >= 15 is 0 Å². The van der Waals surface area contributed by atoms with Crippen molar-refractivity contribution >= 4 is 11.2 Å². The van der Waals surface area contributed by atoms with Gasteiger partial charge in [-0.2, -0.15) is 0 Å². The van der Waals surface area contributed by atoms with Crippen LogP contribution in [0.15, 0.2) is 17.4 Å². The van der Waals surface area contributed by atoms with E-state index in [0.717, 1.165) is 0 Å². The molecule has 3 rings (SSSR count). The molecule has 110 valence electrons. The van der Waals surface area contributed by atoms with E-state index in [-0.39, 0.29) is 17.3 Å². The van der Waals surface area contributed by atoms with Gasteiger partial charge >= 0.3 is 0 Å². The number of hydrogen-bond donors (Lipinski definition) is 5. The number of H-pyrrole nitrogens is 1. The first kappa shape index (κ1) is 14.6. The van der Waals surface area contributed by atoms with Crippen LogP contribution in [0, 0.1) is 0 Å². The Hall–Kier alpha value is -1.85. The van der Waals surface area contributed by atoms with E-state index in [0.29, 0.717) is 0 Å². The van der Waals surface area contributed by atoms with Gasteiger partial charge in [-0.05, 0) is 0 Å². The fourth-order valence-electron chi connectivity index (χ4n) is 2.16. The van der Waals surface area contributed by atoms with E-state index in [1.54, 1.807) is 0 Å². The predicted octanol–water partition coefficient (Wildman–Crippen LogP) is -2.11. The van der Waals surface area contributed by atoms with Gasteiger partial charge in [0, 0.05) is 0 Å². The molecule has 0 spiro atoms. The number of aromatic amines is 1. The third kappa shape index (κ3) is 1.99. The fourth-order valence-corrected chi connectivity index (χ4v) is 2.16. The summed E-state index contributed by atoms with van der Waals surface area (Å²) >= 11 is 0. The minimum atomic E-state index is -1.24. The standard InChI is InChI=1S/C10H12N4O5.H3N/c15-1-4-6(16)7(17)10(19-4)14-3-13-5-8(14)11-2-12-9(5)18;/h2-4,6-7,10,15-17H,1H2,(H,11,12,18);1H3/t4-,6-,7-,10-;/m1./s1. The van der Waals surface area contributed by atoms with Crippen LogP contribution in [0.4, 0.5) is 0 Å². The molecule has 0 bridgehead atoms. The van der Waals surface area contributed by atoms with Crippen LogP contribution in [0.3, 0.4) is 0 Å². The van der Waals surface area contributed by atoms with Crippen LogP contribution in [-0.4, -0.2) is 59.8 Å². The van der Waals surface area contributed by atoms with Crippen LogP contribution < -0.4 is 11.7 Å². The summed E-state index contributed by atoms with van der Waals surface area (Å²) in [4.78, 5) is 21.8. The van der Waals surface area contributed by atoms with Gasteiger partial charge in [0.2, 0.25) is 0 Å². The number of nitrogens with zero attached hydrogens (tertiary/aromatic N) is 3. The van der Waals surface area contributed by atoms with Gasteiger partial charge in [0.05, 0.1) is 19.3 Å². The molecule has 3 heterocycles. The fraction of sp³-hybridized carbons (Fsp3) is 0.500. The van der Waals surface area contributed by atoms with E-state index < -0.39 is 36.7 Å². The summed E-state index contributed by atoms with van der Waals surface area (Å²) in [5, 5.41) is 28.6. The number of aromatic nitrogens is 4. The Morgan fingerprint density at radius 1 is 1.35 bits per heavy atom. The first-order valence-corrected chi connectivity index (χ1v) is 5.66. The van der Waals surface area contributed by atoms with Crippen molar-refractivity contribution in [3.05, 3.63) is 23.0 Å². The Bertz CT molecular complexity index is 655. The molecular formula is C10H15N5O5. The second kappa shape index (κ2) is 5.26. The zero-order valence-corrected chi connectivity index (χ0v) is 10.4. The van der Waals surface area contributed by atoms with Gasteiger partial charge in [0.1, 0.15) is 18.3 Å². The molecule has 10 heteroatoms. The molecular weight excluding hydrogens is 270 g/mol. The maximum atomic E-state index is 11.5. The minimum absolute atomic E-state index is 0. The van der Waals surface area contributed by atoms with Gasteiger partial charge in [0.25, 0.3) is 5.56 Å². The smallest absolute Gasteiger partial charge is 0.278 e. The van der Waals surface area contributed by atoms with Crippen LogP contribution in [-0.2, 0) is 4.74 Å². The summed E-state index contributed by atoms with van der Waals surface area (Å²) in [7, 11) is 0. The van der Waals surface area contributed by atoms with E-state index in [1.165, 1.54) is 17.2 Å².